The Morgan fingerprint density at radius 3 is 2.67 bits per heavy atom. The molecule has 1 N–H and O–H groups in total. The predicted molar refractivity (Wildman–Crippen MR) is 87.2 cm³/mol. The highest BCUT2D eigenvalue weighted by Gasteiger charge is 2.13. The van der Waals surface area contributed by atoms with Crippen LogP contribution in [0.15, 0.2) is 46.9 Å². The van der Waals surface area contributed by atoms with Crippen molar-refractivity contribution in [2.45, 2.75) is 26.4 Å². The van der Waals surface area contributed by atoms with Gasteiger partial charge < -0.3 is 5.32 Å². The molecule has 110 valence electrons. The van der Waals surface area contributed by atoms with Crippen molar-refractivity contribution in [2.75, 3.05) is 0 Å². The highest BCUT2D eigenvalue weighted by molar-refractivity contribution is 9.10. The fourth-order valence-electron chi connectivity index (χ4n) is 2.26. The van der Waals surface area contributed by atoms with Gasteiger partial charge in [-0.1, -0.05) is 30.3 Å². The highest BCUT2D eigenvalue weighted by Crippen LogP contribution is 2.26. The summed E-state index contributed by atoms with van der Waals surface area (Å²) >= 11 is 3.20. The van der Waals surface area contributed by atoms with Crippen LogP contribution < -0.4 is 5.32 Å². The average molecular weight is 349 g/mol. The molecule has 2 aromatic rings. The molecule has 2 rings (SSSR count). The smallest absolute Gasteiger partial charge is 0.283 e. The molecule has 0 unspecified atom stereocenters. The quantitative estimate of drug-likeness (QED) is 0.638. The maximum Gasteiger partial charge on any atom is 0.283 e. The summed E-state index contributed by atoms with van der Waals surface area (Å²) in [6.45, 7) is 4.76. The van der Waals surface area contributed by atoms with E-state index in [1.165, 1.54) is 11.1 Å². The molecule has 0 aliphatic rings. The fourth-order valence-corrected chi connectivity index (χ4v) is 2.65. The van der Waals surface area contributed by atoms with Gasteiger partial charge in [0.05, 0.1) is 9.40 Å². The fraction of sp³-hybridized carbons (Fsp3) is 0.250. The standard InChI is InChI=1S/C16H17BrN2O2/c1-11-5-3-4-6-14(11)12(2)18-10-13-7-8-15(17)16(9-13)19(20)21/h3-9,12,18H,10H2,1-2H3/t12-/m0/s1. The summed E-state index contributed by atoms with van der Waals surface area (Å²) < 4.78 is 0.503. The number of hydrogen-bond acceptors (Lipinski definition) is 3. The van der Waals surface area contributed by atoms with E-state index >= 15 is 0 Å². The van der Waals surface area contributed by atoms with Gasteiger partial charge in [0.1, 0.15) is 0 Å². The first kappa shape index (κ1) is 15.7. The third-order valence-corrected chi connectivity index (χ3v) is 4.15. The van der Waals surface area contributed by atoms with E-state index in [-0.39, 0.29) is 16.7 Å². The average Bonchev–Trinajstić information content (AvgIpc) is 2.46. The molecular formula is C16H17BrN2O2. The normalized spacial score (nSPS) is 12.1. The van der Waals surface area contributed by atoms with Crippen LogP contribution in [-0.2, 0) is 6.54 Å². The number of rotatable bonds is 5. The lowest BCUT2D eigenvalue weighted by Gasteiger charge is -2.16. The molecule has 0 amide bonds. The van der Waals surface area contributed by atoms with E-state index in [2.05, 4.69) is 47.2 Å². The van der Waals surface area contributed by atoms with Gasteiger partial charge in [-0.3, -0.25) is 10.1 Å². The molecule has 0 saturated heterocycles. The largest absolute Gasteiger partial charge is 0.306 e. The van der Waals surface area contributed by atoms with Crippen molar-refractivity contribution in [2.24, 2.45) is 0 Å². The molecule has 2 aromatic carbocycles. The molecule has 0 saturated carbocycles. The van der Waals surface area contributed by atoms with E-state index in [0.717, 1.165) is 5.56 Å². The number of nitro benzene ring substituents is 1. The van der Waals surface area contributed by atoms with Crippen LogP contribution >= 0.6 is 15.9 Å². The number of halogens is 1. The van der Waals surface area contributed by atoms with E-state index in [1.807, 2.05) is 18.2 Å². The molecule has 0 aliphatic carbocycles. The minimum atomic E-state index is -0.377. The van der Waals surface area contributed by atoms with Crippen LogP contribution in [0.25, 0.3) is 0 Å². The molecule has 5 heteroatoms. The van der Waals surface area contributed by atoms with Gasteiger partial charge in [-0.05, 0) is 52.5 Å². The minimum absolute atomic E-state index is 0.0952. The molecule has 1 atom stereocenters. The number of nitrogens with one attached hydrogen (secondary N) is 1. The third-order valence-electron chi connectivity index (χ3n) is 3.47. The Kier molecular flexibility index (Phi) is 5.09. The Morgan fingerprint density at radius 2 is 2.00 bits per heavy atom. The zero-order valence-electron chi connectivity index (χ0n) is 12.0. The maximum atomic E-state index is 10.9. The zero-order chi connectivity index (χ0) is 15.4. The lowest BCUT2D eigenvalue weighted by molar-refractivity contribution is -0.385. The molecule has 0 fully saturated rings. The van der Waals surface area contributed by atoms with Crippen LogP contribution in [0.3, 0.4) is 0 Å². The SMILES string of the molecule is Cc1ccccc1[C@H](C)NCc1ccc(Br)c([N+](=O)[O-])c1. The second-order valence-corrected chi connectivity index (χ2v) is 5.86. The van der Waals surface area contributed by atoms with Gasteiger partial charge in [-0.15, -0.1) is 0 Å². The summed E-state index contributed by atoms with van der Waals surface area (Å²) in [6, 6.07) is 13.6. The topological polar surface area (TPSA) is 55.2 Å². The van der Waals surface area contributed by atoms with Gasteiger partial charge in [0, 0.05) is 18.7 Å². The number of hydrogen-bond donors (Lipinski definition) is 1. The van der Waals surface area contributed by atoms with Crippen molar-refractivity contribution in [3.8, 4) is 0 Å². The third kappa shape index (κ3) is 3.89. The van der Waals surface area contributed by atoms with E-state index in [1.54, 1.807) is 12.1 Å². The second-order valence-electron chi connectivity index (χ2n) is 5.00. The summed E-state index contributed by atoms with van der Waals surface area (Å²) in [6.07, 6.45) is 0. The molecule has 0 spiro atoms. The first-order chi connectivity index (χ1) is 9.99. The van der Waals surface area contributed by atoms with E-state index in [0.29, 0.717) is 11.0 Å². The molecule has 21 heavy (non-hydrogen) atoms. The van der Waals surface area contributed by atoms with Crippen LogP contribution in [0.1, 0.15) is 29.7 Å². The van der Waals surface area contributed by atoms with Crippen LogP contribution in [-0.4, -0.2) is 4.92 Å². The van der Waals surface area contributed by atoms with Gasteiger partial charge in [0.2, 0.25) is 0 Å². The lowest BCUT2D eigenvalue weighted by Crippen LogP contribution is -2.18. The van der Waals surface area contributed by atoms with E-state index in [4.69, 9.17) is 0 Å². The summed E-state index contributed by atoms with van der Waals surface area (Å²) in [5, 5.41) is 14.3. The molecule has 0 bridgehead atoms. The first-order valence-electron chi connectivity index (χ1n) is 6.70. The molecular weight excluding hydrogens is 332 g/mol. The van der Waals surface area contributed by atoms with Crippen molar-refractivity contribution in [1.82, 2.24) is 5.32 Å². The Hall–Kier alpha value is -1.72. The van der Waals surface area contributed by atoms with E-state index in [9.17, 15) is 10.1 Å². The molecule has 0 aromatic heterocycles. The molecule has 0 radical (unpaired) electrons. The molecule has 0 heterocycles. The molecule has 0 aliphatic heterocycles. The first-order valence-corrected chi connectivity index (χ1v) is 7.50. The van der Waals surface area contributed by atoms with Crippen LogP contribution in [0, 0.1) is 17.0 Å². The number of aryl methyl sites for hydroxylation is 1. The monoisotopic (exact) mass is 348 g/mol. The van der Waals surface area contributed by atoms with Gasteiger partial charge >= 0.3 is 0 Å². The predicted octanol–water partition coefficient (Wildman–Crippen LogP) is 4.52. The lowest BCUT2D eigenvalue weighted by atomic mass is 10.0. The number of benzene rings is 2. The van der Waals surface area contributed by atoms with Crippen molar-refractivity contribution in [3.05, 3.63) is 73.7 Å². The van der Waals surface area contributed by atoms with Crippen LogP contribution in [0.4, 0.5) is 5.69 Å². The highest BCUT2D eigenvalue weighted by atomic mass is 79.9. The Bertz CT molecular complexity index is 658. The van der Waals surface area contributed by atoms with Crippen molar-refractivity contribution in [1.29, 1.82) is 0 Å². The zero-order valence-corrected chi connectivity index (χ0v) is 13.6. The number of nitro groups is 1. The molecule has 4 nitrogen and oxygen atoms in total. The van der Waals surface area contributed by atoms with E-state index < -0.39 is 0 Å². The van der Waals surface area contributed by atoms with Crippen molar-refractivity contribution in [3.63, 3.8) is 0 Å². The summed E-state index contributed by atoms with van der Waals surface area (Å²) in [7, 11) is 0. The maximum absolute atomic E-state index is 10.9. The second kappa shape index (κ2) is 6.83. The minimum Gasteiger partial charge on any atom is -0.306 e. The van der Waals surface area contributed by atoms with Gasteiger partial charge in [0.25, 0.3) is 5.69 Å². The van der Waals surface area contributed by atoms with Gasteiger partial charge in [-0.2, -0.15) is 0 Å². The van der Waals surface area contributed by atoms with Crippen molar-refractivity contribution < 1.29 is 4.92 Å². The Morgan fingerprint density at radius 1 is 1.29 bits per heavy atom. The van der Waals surface area contributed by atoms with Crippen molar-refractivity contribution >= 4 is 21.6 Å². The van der Waals surface area contributed by atoms with Crippen LogP contribution in [0.5, 0.6) is 0 Å². The summed E-state index contributed by atoms with van der Waals surface area (Å²) in [4.78, 5) is 10.6. The van der Waals surface area contributed by atoms with Crippen LogP contribution in [0.2, 0.25) is 0 Å². The van der Waals surface area contributed by atoms with Gasteiger partial charge in [0.15, 0.2) is 0 Å². The Balaban J connectivity index is 2.08. The number of nitrogens with zero attached hydrogens (tertiary/aromatic N) is 1. The summed E-state index contributed by atoms with van der Waals surface area (Å²) in [5.41, 5.74) is 3.46. The van der Waals surface area contributed by atoms with Gasteiger partial charge in [-0.25, -0.2) is 0 Å². The summed E-state index contributed by atoms with van der Waals surface area (Å²) in [5.74, 6) is 0. The Labute approximate surface area is 132 Å².